The molecule has 0 saturated carbocycles. The summed E-state index contributed by atoms with van der Waals surface area (Å²) < 4.78 is 0. The van der Waals surface area contributed by atoms with Gasteiger partial charge in [0, 0.05) is 50.3 Å². The van der Waals surface area contributed by atoms with Crippen molar-refractivity contribution in [2.45, 2.75) is 38.6 Å². The Morgan fingerprint density at radius 1 is 1.00 bits per heavy atom. The SMILES string of the molecule is CC1CCCCN1C(=O)CN1CCN(C(=O)Cc2cccc3cccnc23)CC1. The number of aromatic nitrogens is 1. The number of likely N-dealkylation sites (tertiary alicyclic amines) is 1. The summed E-state index contributed by atoms with van der Waals surface area (Å²) in [5, 5.41) is 1.06. The first kappa shape index (κ1) is 19.8. The van der Waals surface area contributed by atoms with Gasteiger partial charge in [-0.05, 0) is 37.8 Å². The second-order valence-electron chi connectivity index (χ2n) is 8.26. The largest absolute Gasteiger partial charge is 0.340 e. The zero-order valence-corrected chi connectivity index (χ0v) is 17.2. The van der Waals surface area contributed by atoms with E-state index in [0.717, 1.165) is 48.9 Å². The Kier molecular flexibility index (Phi) is 6.09. The monoisotopic (exact) mass is 394 g/mol. The highest BCUT2D eigenvalue weighted by Crippen LogP contribution is 2.19. The second-order valence-corrected chi connectivity index (χ2v) is 8.26. The van der Waals surface area contributed by atoms with E-state index in [1.165, 1.54) is 6.42 Å². The highest BCUT2D eigenvalue weighted by molar-refractivity contribution is 5.87. The second kappa shape index (κ2) is 8.91. The Labute approximate surface area is 172 Å². The standard InChI is InChI=1S/C23H30N4O2/c1-18-6-2-3-11-27(18)22(29)17-25-12-14-26(15-13-25)21(28)16-20-8-4-7-19-9-5-10-24-23(19)20/h4-5,7-10,18H,2-3,6,11-17H2,1H3. The molecule has 0 radical (unpaired) electrons. The number of para-hydroxylation sites is 1. The van der Waals surface area contributed by atoms with E-state index in [0.29, 0.717) is 32.1 Å². The van der Waals surface area contributed by atoms with E-state index in [1.807, 2.05) is 40.1 Å². The van der Waals surface area contributed by atoms with Crippen molar-refractivity contribution in [2.24, 2.45) is 0 Å². The fourth-order valence-electron chi connectivity index (χ4n) is 4.49. The molecule has 154 valence electrons. The molecular weight excluding hydrogens is 364 g/mol. The molecule has 0 bridgehead atoms. The van der Waals surface area contributed by atoms with E-state index >= 15 is 0 Å². The molecule has 3 heterocycles. The van der Waals surface area contributed by atoms with Gasteiger partial charge in [0.2, 0.25) is 11.8 Å². The first-order chi connectivity index (χ1) is 14.1. The number of hydrogen-bond donors (Lipinski definition) is 0. The van der Waals surface area contributed by atoms with E-state index in [9.17, 15) is 9.59 Å². The van der Waals surface area contributed by atoms with Gasteiger partial charge in [-0.2, -0.15) is 0 Å². The van der Waals surface area contributed by atoms with Crippen LogP contribution in [0.5, 0.6) is 0 Å². The average Bonchev–Trinajstić information content (AvgIpc) is 2.75. The normalized spacial score (nSPS) is 20.8. The third-order valence-electron chi connectivity index (χ3n) is 6.27. The first-order valence-corrected chi connectivity index (χ1v) is 10.7. The van der Waals surface area contributed by atoms with Gasteiger partial charge in [-0.15, -0.1) is 0 Å². The summed E-state index contributed by atoms with van der Waals surface area (Å²) in [5.74, 6) is 0.373. The predicted molar refractivity (Wildman–Crippen MR) is 113 cm³/mol. The molecule has 2 fully saturated rings. The van der Waals surface area contributed by atoms with Gasteiger partial charge in [0.25, 0.3) is 0 Å². The Balaban J connectivity index is 1.30. The number of pyridine rings is 1. The third-order valence-corrected chi connectivity index (χ3v) is 6.27. The molecule has 1 unspecified atom stereocenters. The van der Waals surface area contributed by atoms with Crippen LogP contribution < -0.4 is 0 Å². The Hall–Kier alpha value is -2.47. The van der Waals surface area contributed by atoms with Crippen LogP contribution in [0.4, 0.5) is 0 Å². The molecule has 0 aliphatic carbocycles. The van der Waals surface area contributed by atoms with Crippen molar-refractivity contribution < 1.29 is 9.59 Å². The number of piperazine rings is 1. The van der Waals surface area contributed by atoms with E-state index in [4.69, 9.17) is 0 Å². The van der Waals surface area contributed by atoms with E-state index < -0.39 is 0 Å². The minimum absolute atomic E-state index is 0.138. The van der Waals surface area contributed by atoms with Gasteiger partial charge in [-0.1, -0.05) is 24.3 Å². The lowest BCUT2D eigenvalue weighted by molar-refractivity contribution is -0.137. The van der Waals surface area contributed by atoms with Crippen molar-refractivity contribution in [3.63, 3.8) is 0 Å². The van der Waals surface area contributed by atoms with Crippen molar-refractivity contribution in [3.8, 4) is 0 Å². The maximum Gasteiger partial charge on any atom is 0.236 e. The van der Waals surface area contributed by atoms with Gasteiger partial charge in [-0.3, -0.25) is 19.5 Å². The number of piperidine rings is 1. The van der Waals surface area contributed by atoms with Crippen molar-refractivity contribution in [1.29, 1.82) is 0 Å². The summed E-state index contributed by atoms with van der Waals surface area (Å²) in [6.07, 6.45) is 5.59. The van der Waals surface area contributed by atoms with Gasteiger partial charge < -0.3 is 9.80 Å². The topological polar surface area (TPSA) is 56.8 Å². The molecule has 1 atom stereocenters. The summed E-state index contributed by atoms with van der Waals surface area (Å²) in [6.45, 7) is 6.38. The van der Waals surface area contributed by atoms with Gasteiger partial charge in [0.1, 0.15) is 0 Å². The number of fused-ring (bicyclic) bond motifs is 1. The highest BCUT2D eigenvalue weighted by atomic mass is 16.2. The molecule has 29 heavy (non-hydrogen) atoms. The fourth-order valence-corrected chi connectivity index (χ4v) is 4.49. The van der Waals surface area contributed by atoms with Crippen LogP contribution in [-0.4, -0.2) is 76.8 Å². The molecule has 2 aromatic rings. The summed E-state index contributed by atoms with van der Waals surface area (Å²) in [7, 11) is 0. The Bertz CT molecular complexity index is 871. The molecule has 0 N–H and O–H groups in total. The minimum Gasteiger partial charge on any atom is -0.340 e. The average molecular weight is 395 g/mol. The molecule has 6 nitrogen and oxygen atoms in total. The van der Waals surface area contributed by atoms with E-state index in [-0.39, 0.29) is 11.8 Å². The zero-order valence-electron chi connectivity index (χ0n) is 17.2. The van der Waals surface area contributed by atoms with Gasteiger partial charge in [0.15, 0.2) is 0 Å². The van der Waals surface area contributed by atoms with E-state index in [2.05, 4.69) is 16.8 Å². The molecule has 2 aliphatic heterocycles. The van der Waals surface area contributed by atoms with Crippen molar-refractivity contribution >= 4 is 22.7 Å². The summed E-state index contributed by atoms with van der Waals surface area (Å²) in [6, 6.07) is 10.3. The van der Waals surface area contributed by atoms with Gasteiger partial charge in [0.05, 0.1) is 18.5 Å². The lowest BCUT2D eigenvalue weighted by atomic mass is 10.0. The third kappa shape index (κ3) is 4.58. The molecule has 1 aromatic carbocycles. The Morgan fingerprint density at radius 2 is 1.79 bits per heavy atom. The molecule has 4 rings (SSSR count). The van der Waals surface area contributed by atoms with Crippen molar-refractivity contribution in [2.75, 3.05) is 39.3 Å². The van der Waals surface area contributed by atoms with Crippen LogP contribution in [0.15, 0.2) is 36.5 Å². The van der Waals surface area contributed by atoms with Gasteiger partial charge in [-0.25, -0.2) is 0 Å². The number of carbonyl (C=O) groups is 2. The number of nitrogens with zero attached hydrogens (tertiary/aromatic N) is 4. The zero-order chi connectivity index (χ0) is 20.2. The molecule has 2 saturated heterocycles. The fraction of sp³-hybridized carbons (Fsp3) is 0.522. The molecule has 2 amide bonds. The number of benzene rings is 1. The molecule has 0 spiro atoms. The first-order valence-electron chi connectivity index (χ1n) is 10.7. The number of rotatable bonds is 4. The molecule has 2 aliphatic rings. The van der Waals surface area contributed by atoms with Crippen molar-refractivity contribution in [3.05, 3.63) is 42.1 Å². The predicted octanol–water partition coefficient (Wildman–Crippen LogP) is 2.32. The van der Waals surface area contributed by atoms with Crippen LogP contribution >= 0.6 is 0 Å². The molecule has 6 heteroatoms. The summed E-state index contributed by atoms with van der Waals surface area (Å²) >= 11 is 0. The summed E-state index contributed by atoms with van der Waals surface area (Å²) in [4.78, 5) is 36.1. The molecule has 1 aromatic heterocycles. The number of amides is 2. The molecular formula is C23H30N4O2. The quantitative estimate of drug-likeness (QED) is 0.799. The van der Waals surface area contributed by atoms with Crippen LogP contribution in [0.25, 0.3) is 10.9 Å². The number of carbonyl (C=O) groups excluding carboxylic acids is 2. The van der Waals surface area contributed by atoms with Crippen LogP contribution in [0.1, 0.15) is 31.7 Å². The van der Waals surface area contributed by atoms with Crippen LogP contribution in [0.2, 0.25) is 0 Å². The van der Waals surface area contributed by atoms with Crippen LogP contribution in [0.3, 0.4) is 0 Å². The lowest BCUT2D eigenvalue weighted by Gasteiger charge is -2.38. The summed E-state index contributed by atoms with van der Waals surface area (Å²) in [5.41, 5.74) is 1.88. The highest BCUT2D eigenvalue weighted by Gasteiger charge is 2.27. The van der Waals surface area contributed by atoms with Crippen molar-refractivity contribution in [1.82, 2.24) is 19.7 Å². The van der Waals surface area contributed by atoms with Crippen LogP contribution in [-0.2, 0) is 16.0 Å². The lowest BCUT2D eigenvalue weighted by Crippen LogP contribution is -2.53. The smallest absolute Gasteiger partial charge is 0.236 e. The van der Waals surface area contributed by atoms with E-state index in [1.54, 1.807) is 6.20 Å². The maximum atomic E-state index is 12.8. The number of hydrogen-bond acceptors (Lipinski definition) is 4. The van der Waals surface area contributed by atoms with Crippen LogP contribution in [0, 0.1) is 0 Å². The maximum absolute atomic E-state index is 12.8. The Morgan fingerprint density at radius 3 is 2.59 bits per heavy atom. The minimum atomic E-state index is 0.138. The van der Waals surface area contributed by atoms with Gasteiger partial charge >= 0.3 is 0 Å².